The number of hydrogen-bond acceptors (Lipinski definition) is 4. The maximum absolute atomic E-state index is 11.8. The third-order valence-corrected chi connectivity index (χ3v) is 5.29. The first-order valence-corrected chi connectivity index (χ1v) is 11.8. The fourth-order valence-corrected chi connectivity index (χ4v) is 3.31. The number of carbonyl (C=O) groups excluding carboxylic acids is 1. The smallest absolute Gasteiger partial charge is 0.748 e. The van der Waals surface area contributed by atoms with Gasteiger partial charge in [0.2, 0.25) is 5.91 Å². The zero-order chi connectivity index (χ0) is 19.7. The van der Waals surface area contributed by atoms with Crippen molar-refractivity contribution in [3.63, 3.8) is 0 Å². The second kappa shape index (κ2) is 19.4. The SMILES string of the molecule is CCCCCCCCCCCCC/C=C/C(=O)N(C)CCCS(=O)(=O)[O-].[Na+]. The molecule has 27 heavy (non-hydrogen) atoms. The van der Waals surface area contributed by atoms with Crippen molar-refractivity contribution in [1.29, 1.82) is 0 Å². The summed E-state index contributed by atoms with van der Waals surface area (Å²) < 4.78 is 31.6. The first-order valence-electron chi connectivity index (χ1n) is 10.2. The number of unbranched alkanes of at least 4 members (excludes halogenated alkanes) is 11. The normalized spacial score (nSPS) is 11.5. The van der Waals surface area contributed by atoms with Gasteiger partial charge in [0, 0.05) is 19.3 Å². The Labute approximate surface area is 189 Å². The van der Waals surface area contributed by atoms with Crippen molar-refractivity contribution in [3.05, 3.63) is 12.2 Å². The van der Waals surface area contributed by atoms with Gasteiger partial charge in [0.25, 0.3) is 0 Å². The van der Waals surface area contributed by atoms with Crippen LogP contribution in [-0.2, 0) is 14.9 Å². The van der Waals surface area contributed by atoms with Gasteiger partial charge in [-0.2, -0.15) is 0 Å². The van der Waals surface area contributed by atoms with E-state index in [0.29, 0.717) is 0 Å². The third kappa shape index (κ3) is 22.3. The van der Waals surface area contributed by atoms with Crippen LogP contribution in [0, 0.1) is 0 Å². The molecule has 0 fully saturated rings. The number of allylic oxidation sites excluding steroid dienone is 1. The van der Waals surface area contributed by atoms with Crippen LogP contribution in [0.4, 0.5) is 0 Å². The minimum absolute atomic E-state index is 0. The van der Waals surface area contributed by atoms with Crippen LogP contribution in [0.5, 0.6) is 0 Å². The van der Waals surface area contributed by atoms with Crippen molar-refractivity contribution in [2.75, 3.05) is 19.3 Å². The Bertz CT molecular complexity index is 480. The van der Waals surface area contributed by atoms with Crippen LogP contribution in [0.2, 0.25) is 0 Å². The Kier molecular flexibility index (Phi) is 21.1. The third-order valence-electron chi connectivity index (χ3n) is 4.50. The number of nitrogens with zero attached hydrogens (tertiary/aromatic N) is 1. The second-order valence-corrected chi connectivity index (χ2v) is 8.63. The molecular weight excluding hydrogens is 373 g/mol. The largest absolute Gasteiger partial charge is 1.00 e. The van der Waals surface area contributed by atoms with E-state index in [9.17, 15) is 17.8 Å². The van der Waals surface area contributed by atoms with Crippen molar-refractivity contribution in [2.45, 2.75) is 90.4 Å². The fourth-order valence-electron chi connectivity index (χ4n) is 2.83. The Morgan fingerprint density at radius 2 is 1.37 bits per heavy atom. The van der Waals surface area contributed by atoms with Crippen molar-refractivity contribution in [1.82, 2.24) is 4.90 Å². The van der Waals surface area contributed by atoms with Gasteiger partial charge in [-0.1, -0.05) is 77.2 Å². The summed E-state index contributed by atoms with van der Waals surface area (Å²) >= 11 is 0. The molecule has 0 aromatic heterocycles. The molecular formula is C20H38NNaO4S. The van der Waals surface area contributed by atoms with E-state index in [-0.39, 0.29) is 48.4 Å². The van der Waals surface area contributed by atoms with E-state index >= 15 is 0 Å². The molecule has 0 atom stereocenters. The molecule has 0 N–H and O–H groups in total. The van der Waals surface area contributed by atoms with E-state index in [1.165, 1.54) is 69.1 Å². The topological polar surface area (TPSA) is 77.5 Å². The molecule has 0 bridgehead atoms. The van der Waals surface area contributed by atoms with Gasteiger partial charge in [-0.3, -0.25) is 4.79 Å². The van der Waals surface area contributed by atoms with Gasteiger partial charge < -0.3 is 9.45 Å². The van der Waals surface area contributed by atoms with Gasteiger partial charge in [0.1, 0.15) is 0 Å². The molecule has 0 rings (SSSR count). The summed E-state index contributed by atoms with van der Waals surface area (Å²) in [6, 6.07) is 0. The molecule has 7 heteroatoms. The molecule has 0 spiro atoms. The molecule has 154 valence electrons. The second-order valence-electron chi connectivity index (χ2n) is 7.10. The Morgan fingerprint density at radius 1 is 0.889 bits per heavy atom. The fraction of sp³-hybridized carbons (Fsp3) is 0.850. The average molecular weight is 412 g/mol. The van der Waals surface area contributed by atoms with Crippen molar-refractivity contribution in [3.8, 4) is 0 Å². The van der Waals surface area contributed by atoms with Gasteiger partial charge in [-0.15, -0.1) is 0 Å². The molecule has 0 aliphatic carbocycles. The molecule has 0 aromatic carbocycles. The first-order chi connectivity index (χ1) is 12.4. The number of rotatable bonds is 17. The molecule has 0 aromatic rings. The van der Waals surface area contributed by atoms with Crippen molar-refractivity contribution in [2.24, 2.45) is 0 Å². The number of amides is 1. The Morgan fingerprint density at radius 3 is 1.85 bits per heavy atom. The van der Waals surface area contributed by atoms with Crippen LogP contribution < -0.4 is 29.6 Å². The number of carbonyl (C=O) groups is 1. The maximum Gasteiger partial charge on any atom is 1.00 e. The molecule has 0 heterocycles. The van der Waals surface area contributed by atoms with E-state index in [1.54, 1.807) is 13.1 Å². The van der Waals surface area contributed by atoms with E-state index in [4.69, 9.17) is 0 Å². The molecule has 0 saturated heterocycles. The first kappa shape index (κ1) is 29.3. The average Bonchev–Trinajstić information content (AvgIpc) is 2.57. The van der Waals surface area contributed by atoms with E-state index in [2.05, 4.69) is 6.92 Å². The van der Waals surface area contributed by atoms with E-state index in [1.807, 2.05) is 6.08 Å². The summed E-state index contributed by atoms with van der Waals surface area (Å²) in [6.07, 6.45) is 18.9. The predicted octanol–water partition coefficient (Wildman–Crippen LogP) is 1.64. The van der Waals surface area contributed by atoms with Gasteiger partial charge in [-0.05, 0) is 25.3 Å². The van der Waals surface area contributed by atoms with Gasteiger partial charge in [-0.25, -0.2) is 8.42 Å². The predicted molar refractivity (Wildman–Crippen MR) is 107 cm³/mol. The monoisotopic (exact) mass is 411 g/mol. The van der Waals surface area contributed by atoms with Crippen LogP contribution in [-0.4, -0.2) is 43.1 Å². The zero-order valence-electron chi connectivity index (χ0n) is 17.7. The Hall–Kier alpha value is 0.120. The minimum atomic E-state index is -4.19. The van der Waals surface area contributed by atoms with Crippen LogP contribution in [0.1, 0.15) is 90.4 Å². The van der Waals surface area contributed by atoms with Crippen LogP contribution in [0.3, 0.4) is 0 Å². The summed E-state index contributed by atoms with van der Waals surface area (Å²) in [4.78, 5) is 13.3. The summed E-state index contributed by atoms with van der Waals surface area (Å²) in [5.41, 5.74) is 0. The quantitative estimate of drug-likeness (QED) is 0.158. The number of hydrogen-bond donors (Lipinski definition) is 0. The molecule has 1 amide bonds. The summed E-state index contributed by atoms with van der Waals surface area (Å²) in [5.74, 6) is -0.566. The Balaban J connectivity index is 0. The molecule has 0 saturated carbocycles. The summed E-state index contributed by atoms with van der Waals surface area (Å²) in [5, 5.41) is 0. The van der Waals surface area contributed by atoms with E-state index in [0.717, 1.165) is 12.8 Å². The van der Waals surface area contributed by atoms with Crippen LogP contribution in [0.15, 0.2) is 12.2 Å². The minimum Gasteiger partial charge on any atom is -0.748 e. The maximum atomic E-state index is 11.8. The molecule has 0 unspecified atom stereocenters. The zero-order valence-corrected chi connectivity index (χ0v) is 20.6. The van der Waals surface area contributed by atoms with Crippen molar-refractivity contribution >= 4 is 16.0 Å². The van der Waals surface area contributed by atoms with Crippen LogP contribution >= 0.6 is 0 Å². The molecule has 0 radical (unpaired) electrons. The van der Waals surface area contributed by atoms with E-state index < -0.39 is 15.9 Å². The van der Waals surface area contributed by atoms with Gasteiger partial charge in [0.05, 0.1) is 10.1 Å². The summed E-state index contributed by atoms with van der Waals surface area (Å²) in [6.45, 7) is 2.53. The number of likely N-dealkylation sites (N-methyl/N-ethyl adjacent to an activating group) is 1. The molecule has 0 aliphatic rings. The standard InChI is InChI=1S/C20H39NO4S.Na/c1-3-4-5-6-7-8-9-10-11-12-13-14-15-17-20(22)21(2)18-16-19-26(23,24)25;/h15,17H,3-14,16,18-19H2,1-2H3,(H,23,24,25);/q;+1/p-1/b17-15+;. The van der Waals surface area contributed by atoms with Crippen LogP contribution in [0.25, 0.3) is 0 Å². The molecule has 5 nitrogen and oxygen atoms in total. The van der Waals surface area contributed by atoms with Gasteiger partial charge in [0.15, 0.2) is 0 Å². The molecule has 0 aliphatic heterocycles. The van der Waals surface area contributed by atoms with Gasteiger partial charge >= 0.3 is 29.6 Å². The van der Waals surface area contributed by atoms with Crippen molar-refractivity contribution < 1.29 is 47.3 Å². The summed E-state index contributed by atoms with van der Waals surface area (Å²) in [7, 11) is -2.58.